The van der Waals surface area contributed by atoms with Gasteiger partial charge in [-0.05, 0) is 13.0 Å². The molecule has 0 bridgehead atoms. The third-order valence-corrected chi connectivity index (χ3v) is 2.90. The topological polar surface area (TPSA) is 72.5 Å². The van der Waals surface area contributed by atoms with E-state index >= 15 is 0 Å². The van der Waals surface area contributed by atoms with Crippen LogP contribution in [0.3, 0.4) is 0 Å². The predicted molar refractivity (Wildman–Crippen MR) is 58.7 cm³/mol. The average Bonchev–Trinajstić information content (AvgIpc) is 2.50. The van der Waals surface area contributed by atoms with Crippen molar-refractivity contribution in [2.45, 2.75) is 6.92 Å². The second kappa shape index (κ2) is 4.63. The maximum atomic E-state index is 11.2. The maximum Gasteiger partial charge on any atom is 0.348 e. The molecule has 1 aromatic heterocycles. The third-order valence-electron chi connectivity index (χ3n) is 1.38. The van der Waals surface area contributed by atoms with Crippen molar-refractivity contribution in [3.8, 4) is 0 Å². The zero-order valence-electron chi connectivity index (χ0n) is 8.31. The van der Waals surface area contributed by atoms with Crippen LogP contribution in [0.5, 0.6) is 0 Å². The fraction of sp³-hybridized carbons (Fsp3) is 0.375. The van der Waals surface area contributed by atoms with E-state index in [1.165, 1.54) is 6.07 Å². The number of sulfonamides is 1. The number of carbonyl (C=O) groups is 1. The lowest BCUT2D eigenvalue weighted by Crippen LogP contribution is -2.08. The van der Waals surface area contributed by atoms with E-state index in [1.807, 2.05) is 0 Å². The summed E-state index contributed by atoms with van der Waals surface area (Å²) in [7, 11) is -3.30. The Morgan fingerprint density at radius 1 is 1.60 bits per heavy atom. The molecule has 0 fully saturated rings. The molecule has 0 spiro atoms. The SMILES string of the molecule is CCOC(=O)c1cc(NS(C)(=O)=O)cs1. The van der Waals surface area contributed by atoms with E-state index in [9.17, 15) is 13.2 Å². The summed E-state index contributed by atoms with van der Waals surface area (Å²) in [6.45, 7) is 2.01. The molecule has 0 atom stereocenters. The highest BCUT2D eigenvalue weighted by atomic mass is 32.2. The highest BCUT2D eigenvalue weighted by Gasteiger charge is 2.11. The molecule has 1 rings (SSSR count). The van der Waals surface area contributed by atoms with E-state index in [0.29, 0.717) is 17.2 Å². The first kappa shape index (κ1) is 12.0. The highest BCUT2D eigenvalue weighted by molar-refractivity contribution is 7.92. The van der Waals surface area contributed by atoms with E-state index in [0.717, 1.165) is 17.6 Å². The smallest absolute Gasteiger partial charge is 0.348 e. The van der Waals surface area contributed by atoms with Crippen molar-refractivity contribution in [3.05, 3.63) is 16.3 Å². The lowest BCUT2D eigenvalue weighted by Gasteiger charge is -1.98. The van der Waals surface area contributed by atoms with Crippen LogP contribution in [0.2, 0.25) is 0 Å². The van der Waals surface area contributed by atoms with Gasteiger partial charge in [0.2, 0.25) is 10.0 Å². The van der Waals surface area contributed by atoms with E-state index in [-0.39, 0.29) is 0 Å². The van der Waals surface area contributed by atoms with Crippen LogP contribution < -0.4 is 4.72 Å². The van der Waals surface area contributed by atoms with Crippen LogP contribution in [0.25, 0.3) is 0 Å². The summed E-state index contributed by atoms with van der Waals surface area (Å²) in [5.74, 6) is -0.441. The Morgan fingerprint density at radius 2 is 2.27 bits per heavy atom. The number of carbonyl (C=O) groups excluding carboxylic acids is 1. The minimum Gasteiger partial charge on any atom is -0.462 e. The van der Waals surface area contributed by atoms with Gasteiger partial charge in [0, 0.05) is 5.38 Å². The minimum absolute atomic E-state index is 0.297. The molecular formula is C8H11NO4S2. The zero-order valence-corrected chi connectivity index (χ0v) is 9.94. The van der Waals surface area contributed by atoms with Crippen LogP contribution in [-0.2, 0) is 14.8 Å². The summed E-state index contributed by atoms with van der Waals surface area (Å²) < 4.78 is 28.8. The monoisotopic (exact) mass is 249 g/mol. The number of hydrogen-bond acceptors (Lipinski definition) is 5. The summed E-state index contributed by atoms with van der Waals surface area (Å²) in [6.07, 6.45) is 1.05. The second-order valence-electron chi connectivity index (χ2n) is 2.79. The molecule has 0 aliphatic heterocycles. The van der Waals surface area contributed by atoms with Crippen LogP contribution in [0.4, 0.5) is 5.69 Å². The molecule has 15 heavy (non-hydrogen) atoms. The first-order valence-corrected chi connectivity index (χ1v) is 6.93. The Labute approximate surface area is 92.1 Å². The summed E-state index contributed by atoms with van der Waals surface area (Å²) in [6, 6.07) is 1.45. The van der Waals surface area contributed by atoms with Gasteiger partial charge in [0.15, 0.2) is 0 Å². The zero-order chi connectivity index (χ0) is 11.5. The van der Waals surface area contributed by atoms with E-state index < -0.39 is 16.0 Å². The highest BCUT2D eigenvalue weighted by Crippen LogP contribution is 2.20. The van der Waals surface area contributed by atoms with Crippen LogP contribution in [0.15, 0.2) is 11.4 Å². The molecule has 1 N–H and O–H groups in total. The normalized spacial score (nSPS) is 11.1. The molecule has 1 aromatic rings. The fourth-order valence-corrected chi connectivity index (χ4v) is 2.26. The molecule has 0 unspecified atom stereocenters. The summed E-state index contributed by atoms with van der Waals surface area (Å²) in [4.78, 5) is 11.6. The molecule has 0 radical (unpaired) electrons. The van der Waals surface area contributed by atoms with Gasteiger partial charge in [-0.15, -0.1) is 11.3 Å². The lowest BCUT2D eigenvalue weighted by atomic mass is 10.4. The quantitative estimate of drug-likeness (QED) is 0.816. The standard InChI is InChI=1S/C8H11NO4S2/c1-3-13-8(10)7-4-6(5-14-7)9-15(2,11)12/h4-5,9H,3H2,1-2H3. The molecule has 84 valence electrons. The van der Waals surface area contributed by atoms with Gasteiger partial charge in [0.05, 0.1) is 18.6 Å². The molecule has 0 saturated carbocycles. The molecule has 0 aromatic carbocycles. The summed E-state index contributed by atoms with van der Waals surface area (Å²) in [5.41, 5.74) is 0.380. The maximum absolute atomic E-state index is 11.2. The Bertz CT molecular complexity index is 449. The van der Waals surface area contributed by atoms with Crippen molar-refractivity contribution in [1.29, 1.82) is 0 Å². The Hall–Kier alpha value is -1.08. The Kier molecular flexibility index (Phi) is 3.70. The van der Waals surface area contributed by atoms with Crippen LogP contribution in [0, 0.1) is 0 Å². The molecule has 0 aliphatic carbocycles. The molecule has 5 nitrogen and oxygen atoms in total. The van der Waals surface area contributed by atoms with Gasteiger partial charge in [-0.25, -0.2) is 13.2 Å². The number of anilines is 1. The summed E-state index contributed by atoms with van der Waals surface area (Å²) in [5, 5.41) is 1.55. The van der Waals surface area contributed by atoms with E-state index in [2.05, 4.69) is 4.72 Å². The van der Waals surface area contributed by atoms with Crippen molar-refractivity contribution in [2.75, 3.05) is 17.6 Å². The fourth-order valence-electron chi connectivity index (χ4n) is 0.913. The summed E-state index contributed by atoms with van der Waals surface area (Å²) >= 11 is 1.14. The number of ether oxygens (including phenoxy) is 1. The van der Waals surface area contributed by atoms with E-state index in [4.69, 9.17) is 4.74 Å². The molecule has 0 saturated heterocycles. The number of rotatable bonds is 4. The molecule has 7 heteroatoms. The molecular weight excluding hydrogens is 238 g/mol. The second-order valence-corrected chi connectivity index (χ2v) is 5.45. The van der Waals surface area contributed by atoms with Crippen molar-refractivity contribution in [2.24, 2.45) is 0 Å². The lowest BCUT2D eigenvalue weighted by molar-refractivity contribution is 0.0532. The Balaban J connectivity index is 2.77. The van der Waals surface area contributed by atoms with E-state index in [1.54, 1.807) is 12.3 Å². The first-order chi connectivity index (χ1) is 6.92. The first-order valence-electron chi connectivity index (χ1n) is 4.16. The van der Waals surface area contributed by atoms with Crippen molar-refractivity contribution < 1.29 is 17.9 Å². The van der Waals surface area contributed by atoms with Gasteiger partial charge >= 0.3 is 5.97 Å². The van der Waals surface area contributed by atoms with Crippen molar-refractivity contribution >= 4 is 33.0 Å². The van der Waals surface area contributed by atoms with Gasteiger partial charge in [-0.2, -0.15) is 0 Å². The van der Waals surface area contributed by atoms with Crippen molar-refractivity contribution in [3.63, 3.8) is 0 Å². The van der Waals surface area contributed by atoms with Gasteiger partial charge in [-0.3, -0.25) is 4.72 Å². The number of hydrogen-bond donors (Lipinski definition) is 1. The van der Waals surface area contributed by atoms with Crippen LogP contribution >= 0.6 is 11.3 Å². The van der Waals surface area contributed by atoms with Gasteiger partial charge < -0.3 is 4.74 Å². The molecule has 1 heterocycles. The van der Waals surface area contributed by atoms with Crippen LogP contribution in [-0.4, -0.2) is 27.2 Å². The number of thiophene rings is 1. The molecule has 0 aliphatic rings. The average molecular weight is 249 g/mol. The molecule has 0 amide bonds. The predicted octanol–water partition coefficient (Wildman–Crippen LogP) is 1.30. The van der Waals surface area contributed by atoms with Gasteiger partial charge in [0.1, 0.15) is 4.88 Å². The third kappa shape index (κ3) is 3.88. The van der Waals surface area contributed by atoms with Crippen LogP contribution in [0.1, 0.15) is 16.6 Å². The van der Waals surface area contributed by atoms with Gasteiger partial charge in [-0.1, -0.05) is 0 Å². The van der Waals surface area contributed by atoms with Crippen molar-refractivity contribution in [1.82, 2.24) is 0 Å². The number of nitrogens with one attached hydrogen (secondary N) is 1. The number of esters is 1. The van der Waals surface area contributed by atoms with Gasteiger partial charge in [0.25, 0.3) is 0 Å². The largest absolute Gasteiger partial charge is 0.462 e. The minimum atomic E-state index is -3.30. The Morgan fingerprint density at radius 3 is 2.80 bits per heavy atom.